The molecule has 1 aliphatic rings. The highest BCUT2D eigenvalue weighted by Crippen LogP contribution is 2.16. The second-order valence-corrected chi connectivity index (χ2v) is 6.18. The Bertz CT molecular complexity index is 866. The molecule has 8 nitrogen and oxygen atoms in total. The molecule has 3 aromatic heterocycles. The third-order valence-electron chi connectivity index (χ3n) is 4.37. The molecule has 0 unspecified atom stereocenters. The van der Waals surface area contributed by atoms with Gasteiger partial charge in [0.1, 0.15) is 12.1 Å². The van der Waals surface area contributed by atoms with Crippen molar-refractivity contribution >= 4 is 11.9 Å². The Kier molecular flexibility index (Phi) is 4.55. The third-order valence-corrected chi connectivity index (χ3v) is 4.37. The number of amides is 1. The number of imidazole rings is 1. The zero-order chi connectivity index (χ0) is 17.8. The number of nitrogens with zero attached hydrogens (tertiary/aromatic N) is 6. The van der Waals surface area contributed by atoms with Crippen molar-refractivity contribution in [2.24, 2.45) is 0 Å². The number of nitrogens with one attached hydrogen (secondary N) is 1. The molecule has 4 rings (SSSR count). The van der Waals surface area contributed by atoms with Crippen molar-refractivity contribution in [2.75, 3.05) is 18.0 Å². The van der Waals surface area contributed by atoms with Crippen molar-refractivity contribution in [3.05, 3.63) is 61.1 Å². The molecule has 1 fully saturated rings. The Morgan fingerprint density at radius 2 is 2.04 bits per heavy atom. The van der Waals surface area contributed by atoms with E-state index in [0.29, 0.717) is 23.9 Å². The van der Waals surface area contributed by atoms with Crippen LogP contribution in [-0.4, -0.2) is 49.5 Å². The van der Waals surface area contributed by atoms with Gasteiger partial charge in [0.2, 0.25) is 5.95 Å². The highest BCUT2D eigenvalue weighted by atomic mass is 16.1. The Labute approximate surface area is 150 Å². The quantitative estimate of drug-likeness (QED) is 0.767. The zero-order valence-corrected chi connectivity index (χ0v) is 14.2. The van der Waals surface area contributed by atoms with Gasteiger partial charge in [-0.1, -0.05) is 0 Å². The fraction of sp³-hybridized carbons (Fsp3) is 0.278. The van der Waals surface area contributed by atoms with Crippen molar-refractivity contribution in [2.45, 2.75) is 18.9 Å². The zero-order valence-electron chi connectivity index (χ0n) is 14.2. The molecule has 1 N–H and O–H groups in total. The topological polar surface area (TPSA) is 88.8 Å². The van der Waals surface area contributed by atoms with E-state index in [-0.39, 0.29) is 11.9 Å². The molecule has 3 aromatic rings. The maximum Gasteiger partial charge on any atom is 0.251 e. The SMILES string of the molecule is O=C(N[C@@H]1CCCN(c2ncccn2)C1)c1ccnc(-n2ccnc2)c1. The summed E-state index contributed by atoms with van der Waals surface area (Å²) in [4.78, 5) is 31.7. The lowest BCUT2D eigenvalue weighted by Gasteiger charge is -2.33. The predicted octanol–water partition coefficient (Wildman–Crippen LogP) is 1.46. The first-order valence-corrected chi connectivity index (χ1v) is 8.57. The molecule has 0 aromatic carbocycles. The van der Waals surface area contributed by atoms with Crippen molar-refractivity contribution in [1.29, 1.82) is 0 Å². The number of rotatable bonds is 4. The first kappa shape index (κ1) is 16.2. The van der Waals surface area contributed by atoms with Crippen molar-refractivity contribution in [3.63, 3.8) is 0 Å². The number of piperidine rings is 1. The summed E-state index contributed by atoms with van der Waals surface area (Å²) in [6, 6.07) is 5.34. The summed E-state index contributed by atoms with van der Waals surface area (Å²) < 4.78 is 1.77. The number of aromatic nitrogens is 5. The minimum absolute atomic E-state index is 0.0601. The molecule has 1 saturated heterocycles. The molecule has 0 bridgehead atoms. The highest BCUT2D eigenvalue weighted by molar-refractivity contribution is 5.94. The van der Waals surface area contributed by atoms with Crippen molar-refractivity contribution in [3.8, 4) is 5.82 Å². The summed E-state index contributed by atoms with van der Waals surface area (Å²) in [5, 5.41) is 3.12. The summed E-state index contributed by atoms with van der Waals surface area (Å²) in [5.74, 6) is 1.27. The molecular formula is C18H19N7O. The second-order valence-electron chi connectivity index (χ2n) is 6.18. The molecule has 1 aliphatic heterocycles. The van der Waals surface area contributed by atoms with E-state index >= 15 is 0 Å². The van der Waals surface area contributed by atoms with Crippen LogP contribution in [0.15, 0.2) is 55.5 Å². The van der Waals surface area contributed by atoms with Crippen LogP contribution in [0.3, 0.4) is 0 Å². The van der Waals surface area contributed by atoms with Gasteiger partial charge in [-0.05, 0) is 31.0 Å². The average Bonchev–Trinajstić information content (AvgIpc) is 3.24. The molecule has 0 saturated carbocycles. The molecule has 1 atom stereocenters. The standard InChI is InChI=1S/C18H19N7O/c26-17(14-4-7-20-16(11-14)25-10-8-19-13-25)23-15-3-1-9-24(12-15)18-21-5-2-6-22-18/h2,4-8,10-11,13,15H,1,3,9,12H2,(H,23,26)/t15-/m1/s1. The molecule has 26 heavy (non-hydrogen) atoms. The first-order valence-electron chi connectivity index (χ1n) is 8.57. The fourth-order valence-electron chi connectivity index (χ4n) is 3.10. The van der Waals surface area contributed by atoms with Crippen molar-refractivity contribution < 1.29 is 4.79 Å². The van der Waals surface area contributed by atoms with E-state index in [9.17, 15) is 4.79 Å². The van der Waals surface area contributed by atoms with Gasteiger partial charge in [-0.2, -0.15) is 0 Å². The number of hydrogen-bond acceptors (Lipinski definition) is 6. The lowest BCUT2D eigenvalue weighted by Crippen LogP contribution is -2.48. The van der Waals surface area contributed by atoms with E-state index in [1.807, 2.05) is 0 Å². The predicted molar refractivity (Wildman–Crippen MR) is 96.1 cm³/mol. The van der Waals surface area contributed by atoms with E-state index in [1.165, 1.54) is 0 Å². The summed E-state index contributed by atoms with van der Waals surface area (Å²) >= 11 is 0. The lowest BCUT2D eigenvalue weighted by atomic mass is 10.1. The van der Waals surface area contributed by atoms with Gasteiger partial charge in [0.15, 0.2) is 0 Å². The van der Waals surface area contributed by atoms with Crippen molar-refractivity contribution in [1.82, 2.24) is 29.8 Å². The largest absolute Gasteiger partial charge is 0.348 e. The first-order chi connectivity index (χ1) is 12.8. The van der Waals surface area contributed by atoms with Crippen LogP contribution in [-0.2, 0) is 0 Å². The summed E-state index contributed by atoms with van der Waals surface area (Å²) in [6.07, 6.45) is 12.2. The minimum atomic E-state index is -0.102. The Balaban J connectivity index is 1.44. The fourth-order valence-corrected chi connectivity index (χ4v) is 3.10. The second kappa shape index (κ2) is 7.30. The van der Waals surface area contributed by atoms with Crippen LogP contribution in [0, 0.1) is 0 Å². The molecule has 8 heteroatoms. The van der Waals surface area contributed by atoms with Crippen LogP contribution < -0.4 is 10.2 Å². The monoisotopic (exact) mass is 349 g/mol. The smallest absolute Gasteiger partial charge is 0.251 e. The summed E-state index contributed by atoms with van der Waals surface area (Å²) in [7, 11) is 0. The van der Waals surface area contributed by atoms with E-state index in [0.717, 1.165) is 19.4 Å². The molecule has 0 radical (unpaired) electrons. The van der Waals surface area contributed by atoms with E-state index in [1.54, 1.807) is 60.1 Å². The Hall–Kier alpha value is -3.29. The summed E-state index contributed by atoms with van der Waals surface area (Å²) in [6.45, 7) is 1.60. The normalized spacial score (nSPS) is 17.1. The van der Waals surface area contributed by atoms with E-state index in [2.05, 4.69) is 30.2 Å². The van der Waals surface area contributed by atoms with Crippen LogP contribution >= 0.6 is 0 Å². The molecule has 0 aliphatic carbocycles. The summed E-state index contributed by atoms with van der Waals surface area (Å²) in [5.41, 5.74) is 0.580. The number of carbonyl (C=O) groups is 1. The van der Waals surface area contributed by atoms with Gasteiger partial charge >= 0.3 is 0 Å². The van der Waals surface area contributed by atoms with Crippen LogP contribution in [0.4, 0.5) is 5.95 Å². The van der Waals surface area contributed by atoms with Crippen LogP contribution in [0.25, 0.3) is 5.82 Å². The maximum absolute atomic E-state index is 12.7. The molecule has 1 amide bonds. The van der Waals surface area contributed by atoms with Gasteiger partial charge < -0.3 is 10.2 Å². The Morgan fingerprint density at radius 1 is 1.15 bits per heavy atom. The number of pyridine rings is 1. The minimum Gasteiger partial charge on any atom is -0.348 e. The van der Waals surface area contributed by atoms with Crippen LogP contribution in [0.5, 0.6) is 0 Å². The van der Waals surface area contributed by atoms with Crippen LogP contribution in [0.2, 0.25) is 0 Å². The Morgan fingerprint density at radius 3 is 2.85 bits per heavy atom. The maximum atomic E-state index is 12.7. The van der Waals surface area contributed by atoms with Gasteiger partial charge in [-0.3, -0.25) is 9.36 Å². The van der Waals surface area contributed by atoms with E-state index in [4.69, 9.17) is 0 Å². The molecule has 132 valence electrons. The van der Waals surface area contributed by atoms with E-state index < -0.39 is 0 Å². The van der Waals surface area contributed by atoms with Gasteiger partial charge in [0.05, 0.1) is 0 Å². The third kappa shape index (κ3) is 3.53. The number of hydrogen-bond donors (Lipinski definition) is 1. The van der Waals surface area contributed by atoms with Gasteiger partial charge in [0.25, 0.3) is 5.91 Å². The molecule has 4 heterocycles. The lowest BCUT2D eigenvalue weighted by molar-refractivity contribution is 0.0933. The van der Waals surface area contributed by atoms with Gasteiger partial charge in [0, 0.05) is 55.7 Å². The number of carbonyl (C=O) groups excluding carboxylic acids is 1. The van der Waals surface area contributed by atoms with Gasteiger partial charge in [-0.25, -0.2) is 19.9 Å². The molecular weight excluding hydrogens is 330 g/mol. The highest BCUT2D eigenvalue weighted by Gasteiger charge is 2.23. The van der Waals surface area contributed by atoms with Gasteiger partial charge in [-0.15, -0.1) is 0 Å². The number of anilines is 1. The van der Waals surface area contributed by atoms with Crippen LogP contribution in [0.1, 0.15) is 23.2 Å². The average molecular weight is 349 g/mol. The molecule has 0 spiro atoms.